The fraction of sp³-hybridized carbons (Fsp3) is 0.675. The third-order valence-corrected chi connectivity index (χ3v) is 21.7. The summed E-state index contributed by atoms with van der Waals surface area (Å²) >= 11 is 0. The summed E-state index contributed by atoms with van der Waals surface area (Å²) in [6.45, 7) is 6.36. The summed E-state index contributed by atoms with van der Waals surface area (Å²) in [7, 11) is 0.993. The number of nitrogens with two attached hydrogens (primary N) is 1. The normalized spacial score (nSPS) is 29.9. The van der Waals surface area contributed by atoms with Crippen molar-refractivity contribution in [3.63, 3.8) is 0 Å². The van der Waals surface area contributed by atoms with Crippen LogP contribution in [0.15, 0.2) is 60.3 Å². The molecule has 128 heavy (non-hydrogen) atoms. The summed E-state index contributed by atoms with van der Waals surface area (Å²) in [5, 5.41) is 174. The highest BCUT2D eigenvalue weighted by Gasteiger charge is 2.52. The second-order valence-corrected chi connectivity index (χ2v) is 31.8. The Bertz CT molecular complexity index is 3940. The van der Waals surface area contributed by atoms with Crippen LogP contribution in [0.3, 0.4) is 0 Å². The first kappa shape index (κ1) is 109. The monoisotopic (exact) mass is 1820 g/mol. The summed E-state index contributed by atoms with van der Waals surface area (Å²) in [4.78, 5) is 182. The van der Waals surface area contributed by atoms with Crippen molar-refractivity contribution < 1.29 is 167 Å². The maximum Gasteiger partial charge on any atom is 0.329 e. The molecule has 0 bridgehead atoms. The maximum absolute atomic E-state index is 15.4. The van der Waals surface area contributed by atoms with Crippen LogP contribution in [-0.2, 0) is 108 Å². The molecule has 4 aliphatic heterocycles. The van der Waals surface area contributed by atoms with Crippen molar-refractivity contribution >= 4 is 77.2 Å². The molecule has 2 aromatic carbocycles. The van der Waals surface area contributed by atoms with Crippen molar-refractivity contribution in [1.29, 1.82) is 0 Å². The Kier molecular flexibility index (Phi) is 46.0. The van der Waals surface area contributed by atoms with Crippen LogP contribution in [0.1, 0.15) is 156 Å². The molecule has 0 aliphatic carbocycles. The number of unbranched alkanes of at least 4 members (excludes halogenated alkanes) is 10. The van der Waals surface area contributed by atoms with E-state index >= 15 is 19.2 Å². The number of aliphatic hydroxyl groups is 12. The van der Waals surface area contributed by atoms with Crippen LogP contribution in [-0.4, -0.2) is 352 Å². The molecular weight excluding hydrogens is 1690 g/mol. The Morgan fingerprint density at radius 1 is 0.633 bits per heavy atom. The molecular formula is C83H129N11O34. The van der Waals surface area contributed by atoms with Gasteiger partial charge in [0.1, 0.15) is 139 Å². The van der Waals surface area contributed by atoms with Crippen molar-refractivity contribution in [3.05, 3.63) is 71.4 Å². The number of hydrogen-bond acceptors (Lipinski definition) is 34. The van der Waals surface area contributed by atoms with Gasteiger partial charge in [-0.15, -0.1) is 0 Å². The lowest BCUT2D eigenvalue weighted by molar-refractivity contribution is -0.339. The smallest absolute Gasteiger partial charge is 0.329 e. The largest absolute Gasteiger partial charge is 0.508 e. The number of primary amides is 1. The van der Waals surface area contributed by atoms with Crippen LogP contribution in [0, 0.1) is 0 Å². The first-order chi connectivity index (χ1) is 60.6. The lowest BCUT2D eigenvalue weighted by Gasteiger charge is -2.46. The standard InChI is InChI=1S/C81H125N11O33.C2H4O/c1-9-11-12-13-14-15-16-17-18-19-20-21-52(122-80-68(109)69(51(100)37-119-80)125-79-60(84-42(7)97)65(106)62(103)53(35-93)123-79)64(105)77(117)90-58(39(4)96)74(114)91-59-40(5)120-78(118)50(33-44-24-28-46(99)29-25-44)88-76(116)61(41(6)121-81-67(108)66(107)63(104)54(36-94)124-81)92(8)56(102)34-83-70(110)48(30-31-55(82)101)86-71(111)47(10-2)85-72(112)49(32-43-22-26-45(98)27-23-43)87-73(113)57(38(3)95)89-75(59)115;1-2-3/h10,22-29,38-41,48-54,57-69,79-81,93-96,98-100,103-109H,9,11-21,30-37H2,1-8H3,(H2,82,101)(H,83,110)(H,84,97)(H,85,112)(H,86,111)(H,87,113)(H,88,116)(H,89,115)(H,90,117)(H,91,114);2H,1H3/b47-10-;/t38-,39?,40+,41?,48+,49+,50-,51+,52?,53-,54-,57-,58?,59-,60-,61?,62-,63-,64?,65-,66+,67+,68-,69+,79+,80-,81+;/m0./s1. The van der Waals surface area contributed by atoms with E-state index in [9.17, 15) is 110 Å². The van der Waals surface area contributed by atoms with E-state index in [-0.39, 0.29) is 35.5 Å². The zero-order chi connectivity index (χ0) is 95.5. The van der Waals surface area contributed by atoms with Crippen molar-refractivity contribution in [2.24, 2.45) is 5.73 Å². The molecule has 45 nitrogen and oxygen atoms in total. The summed E-state index contributed by atoms with van der Waals surface area (Å²) in [5.74, 6) is -15.9. The minimum absolute atomic E-state index is 0.133. The molecule has 0 saturated carbocycles. The van der Waals surface area contributed by atoms with E-state index < -0.39 is 294 Å². The third-order valence-electron chi connectivity index (χ3n) is 21.7. The average molecular weight is 1820 g/mol. The molecule has 4 fully saturated rings. The van der Waals surface area contributed by atoms with E-state index in [1.54, 1.807) is 0 Å². The number of nitrogens with zero attached hydrogens (tertiary/aromatic N) is 1. The van der Waals surface area contributed by atoms with Gasteiger partial charge >= 0.3 is 5.97 Å². The van der Waals surface area contributed by atoms with Gasteiger partial charge in [-0.05, 0) is 89.8 Å². The van der Waals surface area contributed by atoms with Gasteiger partial charge in [0.15, 0.2) is 25.0 Å². The van der Waals surface area contributed by atoms with Crippen LogP contribution >= 0.6 is 0 Å². The number of carbonyl (C=O) groups is 13. The minimum Gasteiger partial charge on any atom is -0.508 e. The number of phenols is 2. The fourth-order valence-corrected chi connectivity index (χ4v) is 14.4. The van der Waals surface area contributed by atoms with E-state index in [2.05, 4.69) is 54.8 Å². The number of aldehydes is 1. The van der Waals surface area contributed by atoms with Crippen LogP contribution in [0.25, 0.3) is 0 Å². The van der Waals surface area contributed by atoms with Crippen LogP contribution < -0.4 is 53.6 Å². The number of hydrogen-bond donors (Lipinski definition) is 24. The number of aliphatic hydroxyl groups excluding tert-OH is 12. The molecule has 4 aliphatic rings. The highest BCUT2D eigenvalue weighted by Crippen LogP contribution is 2.31. The number of cyclic esters (lactones) is 1. The lowest BCUT2D eigenvalue weighted by atomic mass is 9.96. The second kappa shape index (κ2) is 54.1. The Hall–Kier alpha value is -9.63. The number of nitrogens with one attached hydrogen (secondary N) is 9. The molecule has 6 unspecified atom stereocenters. The number of rotatable bonds is 36. The number of carbonyl (C=O) groups excluding carboxylic acids is 13. The van der Waals surface area contributed by atoms with Crippen LogP contribution in [0.2, 0.25) is 0 Å². The molecule has 2 aromatic rings. The van der Waals surface area contributed by atoms with E-state index in [0.717, 1.165) is 105 Å². The molecule has 4 heterocycles. The molecule has 720 valence electrons. The summed E-state index contributed by atoms with van der Waals surface area (Å²) in [6, 6.07) is -6.20. The first-order valence-corrected chi connectivity index (χ1v) is 42.5. The Balaban J connectivity index is 0.00000954. The quantitative estimate of drug-likeness (QED) is 0.0130. The fourth-order valence-electron chi connectivity index (χ4n) is 14.4. The number of amides is 11. The number of esters is 1. The number of allylic oxidation sites excluding steroid dienone is 1. The zero-order valence-electron chi connectivity index (χ0n) is 73.0. The van der Waals surface area contributed by atoms with Crippen LogP contribution in [0.5, 0.6) is 11.5 Å². The third kappa shape index (κ3) is 33.1. The Morgan fingerprint density at radius 2 is 1.17 bits per heavy atom. The Labute approximate surface area is 739 Å². The Morgan fingerprint density at radius 3 is 1.70 bits per heavy atom. The van der Waals surface area contributed by atoms with Gasteiger partial charge in [0, 0.05) is 33.2 Å². The summed E-state index contributed by atoms with van der Waals surface area (Å²) in [5.41, 5.74) is 5.19. The molecule has 4 saturated heterocycles. The van der Waals surface area contributed by atoms with Gasteiger partial charge < -0.3 is 168 Å². The molecule has 27 atom stereocenters. The molecule has 6 rings (SSSR count). The molecule has 25 N–H and O–H groups in total. The van der Waals surface area contributed by atoms with Crippen LogP contribution in [0.4, 0.5) is 0 Å². The molecule has 0 spiro atoms. The first-order valence-electron chi connectivity index (χ1n) is 42.5. The SMILES string of the molecule is C/C=C1\NC(=O)[C@@H](Cc2ccc(O)cc2)NC(=O)[C@H]([C@H](C)O)NC(=O)[C@@H](NC(=O)C(NC(=O)C(O)C(CCCCCCCCCCCCC)O[C@@H]2OC[C@@H](O)[C@@H](O[C@H]3O[C@@H](CO)[C@H](O)[C@@H](O)[C@@H]3NC(C)=O)[C@@H]2O)C(C)O)[C@@H](C)OC(=O)[C@H](Cc2ccc(O)cc2)NC(=O)C(C(C)O[C@@H]2O[C@@H](CO)[C@H](O)[C@@H](O)[C@H]2O)N(C)C(=O)CNC(=O)[C@@H](CCC(N)=O)NC1=O.CC=O. The second-order valence-electron chi connectivity index (χ2n) is 31.8. The van der Waals surface area contributed by atoms with Gasteiger partial charge in [0.05, 0.1) is 50.8 Å². The predicted molar refractivity (Wildman–Crippen MR) is 444 cm³/mol. The number of phenolic OH excluding ortho intramolecular Hbond substituents is 2. The summed E-state index contributed by atoms with van der Waals surface area (Å²) in [6.07, 6.45) is -27.5. The van der Waals surface area contributed by atoms with Crippen molar-refractivity contribution in [1.82, 2.24) is 52.8 Å². The topological polar surface area (TPSA) is 707 Å². The zero-order valence-corrected chi connectivity index (χ0v) is 73.0. The number of ether oxygens (including phenoxy) is 7. The van der Waals surface area contributed by atoms with E-state index in [1.165, 1.54) is 62.4 Å². The minimum atomic E-state index is -2.41. The lowest BCUT2D eigenvalue weighted by Crippen LogP contribution is -2.67. The van der Waals surface area contributed by atoms with Crippen molar-refractivity contribution in [2.75, 3.05) is 33.4 Å². The highest BCUT2D eigenvalue weighted by molar-refractivity contribution is 6.02. The van der Waals surface area contributed by atoms with Gasteiger partial charge in [-0.2, -0.15) is 0 Å². The number of aromatic hydroxyl groups is 2. The highest BCUT2D eigenvalue weighted by atomic mass is 16.7. The number of benzene rings is 2. The van der Waals surface area contributed by atoms with Crippen molar-refractivity contribution in [2.45, 2.75) is 323 Å². The van der Waals surface area contributed by atoms with Gasteiger partial charge in [-0.1, -0.05) is 108 Å². The predicted octanol–water partition coefficient (Wildman–Crippen LogP) is -7.01. The van der Waals surface area contributed by atoms with E-state index in [1.807, 2.05) is 0 Å². The van der Waals surface area contributed by atoms with Gasteiger partial charge in [0.25, 0.3) is 11.8 Å². The number of likely N-dealkylation sites (N-methyl/N-ethyl adjacent to an activating group) is 1. The van der Waals surface area contributed by atoms with E-state index in [0.29, 0.717) is 17.7 Å². The molecule has 0 radical (unpaired) electrons. The van der Waals surface area contributed by atoms with Gasteiger partial charge in [0.2, 0.25) is 53.2 Å². The molecule has 0 aromatic heterocycles. The molecule has 11 amide bonds. The van der Waals surface area contributed by atoms with Gasteiger partial charge in [-0.3, -0.25) is 52.7 Å². The van der Waals surface area contributed by atoms with Crippen molar-refractivity contribution in [3.8, 4) is 11.5 Å². The van der Waals surface area contributed by atoms with Gasteiger partial charge in [-0.25, -0.2) is 4.79 Å². The average Bonchev–Trinajstić information content (AvgIpc) is 0.848. The maximum atomic E-state index is 15.4. The summed E-state index contributed by atoms with van der Waals surface area (Å²) < 4.78 is 41.0. The molecule has 45 heteroatoms. The van der Waals surface area contributed by atoms with E-state index in [4.69, 9.17) is 43.7 Å².